The van der Waals surface area contributed by atoms with Gasteiger partial charge >= 0.3 is 6.36 Å². The number of hydrogen-bond donors (Lipinski definition) is 1. The number of benzene rings is 2. The van der Waals surface area contributed by atoms with Crippen LogP contribution in [0.25, 0.3) is 33.5 Å². The van der Waals surface area contributed by atoms with Gasteiger partial charge in [0.15, 0.2) is 11.6 Å². The number of aryl methyl sites for hydroxylation is 2. The van der Waals surface area contributed by atoms with Crippen molar-refractivity contribution in [1.82, 2.24) is 19.0 Å². The van der Waals surface area contributed by atoms with Crippen molar-refractivity contribution >= 4 is 27.8 Å². The zero-order valence-electron chi connectivity index (χ0n) is 19.5. The lowest BCUT2D eigenvalue weighted by Crippen LogP contribution is -2.45. The van der Waals surface area contributed by atoms with E-state index in [9.17, 15) is 18.0 Å². The fourth-order valence-electron chi connectivity index (χ4n) is 4.98. The number of amides is 1. The van der Waals surface area contributed by atoms with Crippen LogP contribution >= 0.6 is 0 Å². The van der Waals surface area contributed by atoms with Gasteiger partial charge in [-0.15, -0.1) is 13.2 Å². The molecule has 0 aliphatic carbocycles. The summed E-state index contributed by atoms with van der Waals surface area (Å²) < 4.78 is 48.1. The van der Waals surface area contributed by atoms with Gasteiger partial charge in [-0.3, -0.25) is 4.79 Å². The van der Waals surface area contributed by atoms with Gasteiger partial charge in [-0.2, -0.15) is 0 Å². The molecule has 0 spiro atoms. The predicted molar refractivity (Wildman–Crippen MR) is 127 cm³/mol. The molecule has 1 fully saturated rings. The van der Waals surface area contributed by atoms with Gasteiger partial charge < -0.3 is 24.5 Å². The van der Waals surface area contributed by atoms with Crippen LogP contribution in [0.1, 0.15) is 30.1 Å². The third-order valence-corrected chi connectivity index (χ3v) is 6.51. The van der Waals surface area contributed by atoms with E-state index in [1.165, 1.54) is 6.07 Å². The zero-order valence-corrected chi connectivity index (χ0v) is 19.5. The molecule has 184 valence electrons. The monoisotopic (exact) mass is 485 g/mol. The number of para-hydroxylation sites is 1. The Kier molecular flexibility index (Phi) is 5.71. The van der Waals surface area contributed by atoms with Crippen molar-refractivity contribution in [3.05, 3.63) is 48.0 Å². The summed E-state index contributed by atoms with van der Waals surface area (Å²) in [6, 6.07) is 12.3. The van der Waals surface area contributed by atoms with E-state index in [2.05, 4.69) is 14.3 Å². The number of nitrogens with two attached hydrogens (primary N) is 1. The molecule has 2 N–H and O–H groups in total. The van der Waals surface area contributed by atoms with Crippen LogP contribution in [0.15, 0.2) is 42.5 Å². The highest BCUT2D eigenvalue weighted by Crippen LogP contribution is 2.36. The molecular formula is C25H26F3N5O2. The fraction of sp³-hybridized carbons (Fsp3) is 0.360. The molecule has 1 amide bonds. The van der Waals surface area contributed by atoms with E-state index in [1.54, 1.807) is 16.5 Å². The van der Waals surface area contributed by atoms with Crippen molar-refractivity contribution < 1.29 is 22.7 Å². The average Bonchev–Trinajstić information content (AvgIpc) is 3.34. The maximum Gasteiger partial charge on any atom is 0.573 e. The first-order chi connectivity index (χ1) is 16.7. The number of imidazole rings is 1. The van der Waals surface area contributed by atoms with Gasteiger partial charge in [0.1, 0.15) is 5.52 Å². The number of halogens is 3. The summed E-state index contributed by atoms with van der Waals surface area (Å²) in [5.41, 5.74) is 8.28. The molecule has 2 aromatic heterocycles. The van der Waals surface area contributed by atoms with Gasteiger partial charge in [-0.1, -0.05) is 18.2 Å². The molecule has 2 aromatic carbocycles. The first-order valence-corrected chi connectivity index (χ1v) is 11.6. The molecule has 3 heterocycles. The molecule has 0 saturated carbocycles. The van der Waals surface area contributed by atoms with Gasteiger partial charge in [-0.05, 0) is 44.0 Å². The minimum Gasteiger partial charge on any atom is -0.403 e. The van der Waals surface area contributed by atoms with Crippen LogP contribution < -0.4 is 10.5 Å². The normalized spacial score (nSPS) is 16.9. The number of alkyl halides is 3. The van der Waals surface area contributed by atoms with E-state index in [1.807, 2.05) is 37.3 Å². The Morgan fingerprint density at radius 3 is 2.71 bits per heavy atom. The number of likely N-dealkylation sites (tertiary alicyclic amines) is 1. The van der Waals surface area contributed by atoms with Gasteiger partial charge in [-0.25, -0.2) is 4.98 Å². The number of hydrogen-bond acceptors (Lipinski definition) is 4. The van der Waals surface area contributed by atoms with Crippen molar-refractivity contribution in [3.8, 4) is 17.3 Å². The van der Waals surface area contributed by atoms with Crippen LogP contribution in [0.4, 0.5) is 13.2 Å². The average molecular weight is 486 g/mol. The van der Waals surface area contributed by atoms with Crippen LogP contribution in [0.3, 0.4) is 0 Å². The second kappa shape index (κ2) is 8.60. The van der Waals surface area contributed by atoms with E-state index >= 15 is 0 Å². The predicted octanol–water partition coefficient (Wildman–Crippen LogP) is 4.68. The number of carbonyl (C=O) groups is 1. The Bertz CT molecular complexity index is 1420. The van der Waals surface area contributed by atoms with Crippen molar-refractivity contribution in [2.45, 2.75) is 38.7 Å². The Morgan fingerprint density at radius 1 is 1.23 bits per heavy atom. The van der Waals surface area contributed by atoms with E-state index in [-0.39, 0.29) is 28.5 Å². The van der Waals surface area contributed by atoms with Crippen LogP contribution in [0.2, 0.25) is 0 Å². The smallest absolute Gasteiger partial charge is 0.403 e. The largest absolute Gasteiger partial charge is 0.573 e. The summed E-state index contributed by atoms with van der Waals surface area (Å²) >= 11 is 0. The molecule has 0 radical (unpaired) electrons. The minimum absolute atomic E-state index is 0.0894. The van der Waals surface area contributed by atoms with E-state index in [0.29, 0.717) is 25.5 Å². The topological polar surface area (TPSA) is 78.3 Å². The van der Waals surface area contributed by atoms with Crippen LogP contribution in [-0.4, -0.2) is 50.4 Å². The number of piperidine rings is 1. The summed E-state index contributed by atoms with van der Waals surface area (Å²) in [6.07, 6.45) is -3.37. The highest BCUT2D eigenvalue weighted by molar-refractivity contribution is 6.00. The molecule has 1 saturated heterocycles. The molecule has 1 aliphatic heterocycles. The number of fused-ring (bicyclic) bond motifs is 2. The lowest BCUT2D eigenvalue weighted by atomic mass is 10.0. The van der Waals surface area contributed by atoms with Crippen molar-refractivity contribution in [1.29, 1.82) is 0 Å². The van der Waals surface area contributed by atoms with Crippen LogP contribution in [0, 0.1) is 0 Å². The molecule has 35 heavy (non-hydrogen) atoms. The van der Waals surface area contributed by atoms with Crippen molar-refractivity contribution in [2.75, 3.05) is 13.1 Å². The molecular weight excluding hydrogens is 459 g/mol. The maximum atomic E-state index is 13.4. The molecule has 5 rings (SSSR count). The molecule has 7 nitrogen and oxygen atoms in total. The summed E-state index contributed by atoms with van der Waals surface area (Å²) in [5, 5.41) is 1.00. The van der Waals surface area contributed by atoms with Gasteiger partial charge in [0.05, 0.1) is 11.2 Å². The molecule has 4 aromatic rings. The Morgan fingerprint density at radius 2 is 2.00 bits per heavy atom. The number of carbonyl (C=O) groups excluding carboxylic acids is 1. The lowest BCUT2D eigenvalue weighted by Gasteiger charge is -2.31. The molecule has 1 atom stereocenters. The molecule has 10 heteroatoms. The van der Waals surface area contributed by atoms with E-state index < -0.39 is 12.1 Å². The van der Waals surface area contributed by atoms with Crippen LogP contribution in [-0.2, 0) is 13.6 Å². The van der Waals surface area contributed by atoms with Gasteiger partial charge in [0, 0.05) is 49.2 Å². The third kappa shape index (κ3) is 4.22. The summed E-state index contributed by atoms with van der Waals surface area (Å²) in [6.45, 7) is 3.51. The Balaban J connectivity index is 1.68. The number of nitrogens with zero attached hydrogens (tertiary/aromatic N) is 4. The van der Waals surface area contributed by atoms with Crippen molar-refractivity contribution in [3.63, 3.8) is 0 Å². The van der Waals surface area contributed by atoms with Crippen molar-refractivity contribution in [2.24, 2.45) is 12.8 Å². The summed E-state index contributed by atoms with van der Waals surface area (Å²) in [5.74, 6) is -0.362. The number of ether oxygens (including phenoxy) is 1. The maximum absolute atomic E-state index is 13.4. The van der Waals surface area contributed by atoms with Gasteiger partial charge in [0.2, 0.25) is 0 Å². The minimum atomic E-state index is -4.93. The number of rotatable bonds is 4. The Hall–Kier alpha value is -3.53. The highest BCUT2D eigenvalue weighted by Gasteiger charge is 2.34. The second-order valence-electron chi connectivity index (χ2n) is 8.87. The Labute approximate surface area is 199 Å². The highest BCUT2D eigenvalue weighted by atomic mass is 19.4. The van der Waals surface area contributed by atoms with E-state index in [4.69, 9.17) is 5.73 Å². The molecule has 0 unspecified atom stereocenters. The second-order valence-corrected chi connectivity index (χ2v) is 8.87. The lowest BCUT2D eigenvalue weighted by molar-refractivity contribution is -0.274. The quantitative estimate of drug-likeness (QED) is 0.456. The number of aromatic nitrogens is 3. The fourth-order valence-corrected chi connectivity index (χ4v) is 4.98. The van der Waals surface area contributed by atoms with Crippen LogP contribution in [0.5, 0.6) is 5.75 Å². The molecule has 0 bridgehead atoms. The third-order valence-electron chi connectivity index (χ3n) is 6.51. The first kappa shape index (κ1) is 23.2. The van der Waals surface area contributed by atoms with Gasteiger partial charge in [0.25, 0.3) is 5.91 Å². The van der Waals surface area contributed by atoms with E-state index in [0.717, 1.165) is 35.5 Å². The zero-order chi connectivity index (χ0) is 24.9. The summed E-state index contributed by atoms with van der Waals surface area (Å²) in [7, 11) is 1.65. The SMILES string of the molecule is CCn1c(-c2nc3cc(C(=O)N4CCC[C@@H](N)C4)cc(OC(F)(F)F)c3n2C)cc2ccccc21. The first-order valence-electron chi connectivity index (χ1n) is 11.6. The standard InChI is InChI=1S/C25H26F3N5O2/c1-3-33-19-9-5-4-7-15(19)12-20(33)23-30-18-11-16(24(34)32-10-6-8-17(29)14-32)13-21(22(18)31(23)2)35-25(26,27)28/h4-5,7,9,11-13,17H,3,6,8,10,14,29H2,1-2H3/t17-/m1/s1. The molecule has 1 aliphatic rings. The summed E-state index contributed by atoms with van der Waals surface area (Å²) in [4.78, 5) is 19.4.